The number of carbonyl (C=O) groups is 1. The van der Waals surface area contributed by atoms with Crippen LogP contribution < -0.4 is 10.6 Å². The summed E-state index contributed by atoms with van der Waals surface area (Å²) in [5.74, 6) is -0.308. The van der Waals surface area contributed by atoms with Crippen LogP contribution in [0.15, 0.2) is 79.3 Å². The van der Waals surface area contributed by atoms with Crippen LogP contribution in [0, 0.1) is 10.1 Å². The van der Waals surface area contributed by atoms with Crippen molar-refractivity contribution in [3.63, 3.8) is 0 Å². The van der Waals surface area contributed by atoms with E-state index in [1.165, 1.54) is 30.5 Å². The first-order valence-corrected chi connectivity index (χ1v) is 12.6. The number of nitro benzene ring substituents is 1. The zero-order chi connectivity index (χ0) is 26.1. The Balaban J connectivity index is 1.40. The van der Waals surface area contributed by atoms with Crippen molar-refractivity contribution in [2.75, 3.05) is 23.7 Å². The minimum Gasteiger partial charge on any atom is -0.354 e. The molecule has 9 heteroatoms. The van der Waals surface area contributed by atoms with Crippen LogP contribution in [0.5, 0.6) is 0 Å². The Hall–Kier alpha value is -4.76. The Bertz CT molecular complexity index is 1520. The zero-order valence-electron chi connectivity index (χ0n) is 20.6. The van der Waals surface area contributed by atoms with Crippen LogP contribution in [0.1, 0.15) is 29.5 Å². The first kappa shape index (κ1) is 23.6. The molecule has 1 saturated heterocycles. The van der Waals surface area contributed by atoms with Gasteiger partial charge in [0.2, 0.25) is 0 Å². The summed E-state index contributed by atoms with van der Waals surface area (Å²) < 4.78 is 0. The Morgan fingerprint density at radius 3 is 2.47 bits per heavy atom. The van der Waals surface area contributed by atoms with E-state index in [1.807, 2.05) is 42.6 Å². The number of H-pyrrole nitrogens is 1. The maximum atomic E-state index is 13.2. The van der Waals surface area contributed by atoms with Gasteiger partial charge < -0.3 is 15.6 Å². The van der Waals surface area contributed by atoms with Gasteiger partial charge in [0.25, 0.3) is 11.6 Å². The van der Waals surface area contributed by atoms with Gasteiger partial charge in [-0.1, -0.05) is 36.4 Å². The highest BCUT2D eigenvalue weighted by atomic mass is 16.6. The topological polar surface area (TPSA) is 116 Å². The van der Waals surface area contributed by atoms with Gasteiger partial charge in [0.15, 0.2) is 0 Å². The highest BCUT2D eigenvalue weighted by molar-refractivity contribution is 6.37. The fourth-order valence-electron chi connectivity index (χ4n) is 5.06. The van der Waals surface area contributed by atoms with E-state index < -0.39 is 4.92 Å². The van der Waals surface area contributed by atoms with Crippen molar-refractivity contribution < 1.29 is 9.72 Å². The molecule has 1 aromatic heterocycles. The number of fused-ring (bicyclic) bond motifs is 1. The standard InChI is InChI=1S/C29H26N6O3/c36-29-27(24-15-23(35(37)38)11-12-25(24)33-29)28(21-5-3-19(4-6-21)17-34-13-1-2-14-34)32-22-9-7-20(8-10-22)26-16-30-18-31-26/h3-12,15-16,18,32H,1-2,13-14,17H2,(H,30,31)(H,33,36)/b28-27-. The third kappa shape index (κ3) is 4.67. The van der Waals surface area contributed by atoms with Gasteiger partial charge in [-0.15, -0.1) is 0 Å². The van der Waals surface area contributed by atoms with E-state index in [0.717, 1.165) is 42.1 Å². The second kappa shape index (κ2) is 9.95. The van der Waals surface area contributed by atoms with Crippen molar-refractivity contribution in [3.05, 3.63) is 106 Å². The van der Waals surface area contributed by atoms with E-state index in [9.17, 15) is 14.9 Å². The molecule has 0 unspecified atom stereocenters. The van der Waals surface area contributed by atoms with Crippen molar-refractivity contribution in [1.82, 2.24) is 14.9 Å². The summed E-state index contributed by atoms with van der Waals surface area (Å²) in [7, 11) is 0. The predicted molar refractivity (Wildman–Crippen MR) is 147 cm³/mol. The van der Waals surface area contributed by atoms with E-state index in [0.29, 0.717) is 22.5 Å². The van der Waals surface area contributed by atoms with Crippen LogP contribution in [-0.2, 0) is 11.3 Å². The summed E-state index contributed by atoms with van der Waals surface area (Å²) in [6, 6.07) is 20.3. The Labute approximate surface area is 219 Å². The summed E-state index contributed by atoms with van der Waals surface area (Å²) >= 11 is 0. The number of anilines is 2. The van der Waals surface area contributed by atoms with Crippen LogP contribution in [0.4, 0.5) is 17.1 Å². The maximum absolute atomic E-state index is 13.2. The van der Waals surface area contributed by atoms with Gasteiger partial charge in [-0.3, -0.25) is 19.8 Å². The van der Waals surface area contributed by atoms with Crippen LogP contribution in [0.25, 0.3) is 22.5 Å². The molecule has 2 aliphatic rings. The van der Waals surface area contributed by atoms with Gasteiger partial charge in [0.1, 0.15) is 0 Å². The number of amides is 1. The van der Waals surface area contributed by atoms with E-state index in [1.54, 1.807) is 12.4 Å². The first-order chi connectivity index (χ1) is 18.5. The van der Waals surface area contributed by atoms with Crippen LogP contribution >= 0.6 is 0 Å². The highest BCUT2D eigenvalue weighted by Crippen LogP contribution is 2.39. The number of likely N-dealkylation sites (tertiary alicyclic amines) is 1. The fraction of sp³-hybridized carbons (Fsp3) is 0.172. The zero-order valence-corrected chi connectivity index (χ0v) is 20.6. The van der Waals surface area contributed by atoms with E-state index in [-0.39, 0.29) is 11.6 Å². The molecule has 38 heavy (non-hydrogen) atoms. The number of nitrogens with one attached hydrogen (secondary N) is 3. The molecule has 2 aliphatic heterocycles. The first-order valence-electron chi connectivity index (χ1n) is 12.6. The number of hydrogen-bond donors (Lipinski definition) is 3. The van der Waals surface area contributed by atoms with Gasteiger partial charge >= 0.3 is 0 Å². The van der Waals surface area contributed by atoms with Crippen molar-refractivity contribution in [3.8, 4) is 11.3 Å². The lowest BCUT2D eigenvalue weighted by Crippen LogP contribution is -2.18. The quantitative estimate of drug-likeness (QED) is 0.173. The average Bonchev–Trinajstić information content (AvgIpc) is 3.70. The van der Waals surface area contributed by atoms with Gasteiger partial charge in [-0.25, -0.2) is 4.98 Å². The number of aromatic nitrogens is 2. The second-order valence-electron chi connectivity index (χ2n) is 9.53. The molecule has 4 aromatic rings. The number of nitro groups is 1. The molecule has 3 aromatic carbocycles. The molecule has 1 amide bonds. The molecule has 3 N–H and O–H groups in total. The lowest BCUT2D eigenvalue weighted by Gasteiger charge is -2.17. The molecule has 9 nitrogen and oxygen atoms in total. The Kier molecular flexibility index (Phi) is 6.19. The summed E-state index contributed by atoms with van der Waals surface area (Å²) in [4.78, 5) is 34.0. The molecule has 0 atom stereocenters. The molecular formula is C29H26N6O3. The third-order valence-corrected chi connectivity index (χ3v) is 7.00. The number of non-ortho nitro benzene ring substituents is 1. The lowest BCUT2D eigenvalue weighted by atomic mass is 9.98. The molecule has 190 valence electrons. The third-order valence-electron chi connectivity index (χ3n) is 7.00. The molecular weight excluding hydrogens is 480 g/mol. The molecule has 0 spiro atoms. The van der Waals surface area contributed by atoms with Gasteiger partial charge in [-0.05, 0) is 55.3 Å². The molecule has 0 bridgehead atoms. The Morgan fingerprint density at radius 2 is 1.79 bits per heavy atom. The smallest absolute Gasteiger partial charge is 0.270 e. The lowest BCUT2D eigenvalue weighted by molar-refractivity contribution is -0.384. The van der Waals surface area contributed by atoms with Gasteiger partial charge in [0, 0.05) is 47.4 Å². The van der Waals surface area contributed by atoms with Gasteiger partial charge in [0.05, 0.1) is 28.2 Å². The fourth-order valence-corrected chi connectivity index (χ4v) is 5.06. The van der Waals surface area contributed by atoms with Crippen molar-refractivity contribution in [2.45, 2.75) is 19.4 Å². The molecule has 6 rings (SSSR count). The molecule has 1 fully saturated rings. The van der Waals surface area contributed by atoms with Gasteiger partial charge in [-0.2, -0.15) is 0 Å². The predicted octanol–water partition coefficient (Wildman–Crippen LogP) is 5.51. The SMILES string of the molecule is O=C1Nc2ccc([N+](=O)[O-])cc2/C1=C(/Nc1ccc(-c2c[nH]cn2)cc1)c1ccc(CN2CCCC2)cc1. The van der Waals surface area contributed by atoms with Crippen LogP contribution in [-0.4, -0.2) is 38.8 Å². The minimum absolute atomic E-state index is 0.0681. The van der Waals surface area contributed by atoms with E-state index in [4.69, 9.17) is 0 Å². The molecule has 0 radical (unpaired) electrons. The summed E-state index contributed by atoms with van der Waals surface area (Å²) in [5.41, 5.74) is 6.52. The minimum atomic E-state index is -0.450. The van der Waals surface area contributed by atoms with E-state index >= 15 is 0 Å². The number of aromatic amines is 1. The average molecular weight is 507 g/mol. The second-order valence-corrected chi connectivity index (χ2v) is 9.53. The van der Waals surface area contributed by atoms with Crippen LogP contribution in [0.3, 0.4) is 0 Å². The van der Waals surface area contributed by atoms with E-state index in [2.05, 4.69) is 37.6 Å². The number of carbonyl (C=O) groups excluding carboxylic acids is 1. The molecule has 0 saturated carbocycles. The number of rotatable bonds is 7. The number of hydrogen-bond acceptors (Lipinski definition) is 6. The summed E-state index contributed by atoms with van der Waals surface area (Å²) in [6.45, 7) is 3.12. The number of nitrogens with zero attached hydrogens (tertiary/aromatic N) is 3. The summed E-state index contributed by atoms with van der Waals surface area (Å²) in [5, 5.41) is 17.8. The monoisotopic (exact) mass is 506 g/mol. The van der Waals surface area contributed by atoms with Crippen LogP contribution in [0.2, 0.25) is 0 Å². The van der Waals surface area contributed by atoms with Crippen molar-refractivity contribution >= 4 is 34.2 Å². The normalized spacial score (nSPS) is 16.3. The molecule has 3 heterocycles. The highest BCUT2D eigenvalue weighted by Gasteiger charge is 2.30. The molecule has 0 aliphatic carbocycles. The maximum Gasteiger partial charge on any atom is 0.270 e. The largest absolute Gasteiger partial charge is 0.354 e. The van der Waals surface area contributed by atoms with Crippen molar-refractivity contribution in [2.24, 2.45) is 0 Å². The number of imidazole rings is 1. The Morgan fingerprint density at radius 1 is 1.03 bits per heavy atom. The van der Waals surface area contributed by atoms with Crippen molar-refractivity contribution in [1.29, 1.82) is 0 Å². The summed E-state index contributed by atoms with van der Waals surface area (Å²) in [6.07, 6.45) is 5.93. The number of benzene rings is 3.